The predicted molar refractivity (Wildman–Crippen MR) is 73.0 cm³/mol. The molecule has 1 aromatic carbocycles. The second-order valence-electron chi connectivity index (χ2n) is 3.92. The number of benzene rings is 1. The van der Waals surface area contributed by atoms with E-state index in [0.717, 1.165) is 12.8 Å². The first kappa shape index (κ1) is 14.7. The summed E-state index contributed by atoms with van der Waals surface area (Å²) in [5.74, 6) is -0.937. The molecule has 18 heavy (non-hydrogen) atoms. The van der Waals surface area contributed by atoms with E-state index in [1.807, 2.05) is 18.2 Å². The van der Waals surface area contributed by atoms with Crippen LogP contribution in [0, 0.1) is 0 Å². The van der Waals surface area contributed by atoms with E-state index >= 15 is 0 Å². The Bertz CT molecular complexity index is 394. The summed E-state index contributed by atoms with van der Waals surface area (Å²) in [5, 5.41) is 11.5. The molecule has 0 heterocycles. The number of amides is 1. The first-order valence-corrected chi connectivity index (χ1v) is 6.73. The second-order valence-corrected chi connectivity index (χ2v) is 5.03. The van der Waals surface area contributed by atoms with Crippen LogP contribution in [0.1, 0.15) is 29.6 Å². The van der Waals surface area contributed by atoms with E-state index in [9.17, 15) is 9.59 Å². The first-order valence-electron chi connectivity index (χ1n) is 5.81. The van der Waals surface area contributed by atoms with Gasteiger partial charge in [0, 0.05) is 12.1 Å². The maximum absolute atomic E-state index is 11.6. The smallest absolute Gasteiger partial charge is 0.317 e. The van der Waals surface area contributed by atoms with Crippen molar-refractivity contribution in [1.82, 2.24) is 5.32 Å². The quantitative estimate of drug-likeness (QED) is 0.600. The molecule has 0 aliphatic rings. The lowest BCUT2D eigenvalue weighted by atomic mass is 10.2. The normalized spacial score (nSPS) is 11.8. The fourth-order valence-electron chi connectivity index (χ4n) is 1.47. The maximum atomic E-state index is 11.6. The molecule has 0 saturated carbocycles. The molecule has 2 N–H and O–H groups in total. The molecular formula is C13H16BrNO3. The number of carboxylic acids is 1. The van der Waals surface area contributed by atoms with Crippen molar-refractivity contribution in [3.05, 3.63) is 35.9 Å². The molecule has 1 amide bonds. The van der Waals surface area contributed by atoms with Crippen LogP contribution in [0.25, 0.3) is 0 Å². The van der Waals surface area contributed by atoms with Gasteiger partial charge in [-0.15, -0.1) is 0 Å². The van der Waals surface area contributed by atoms with Crippen molar-refractivity contribution in [2.24, 2.45) is 0 Å². The summed E-state index contributed by atoms with van der Waals surface area (Å²) in [5.41, 5.74) is 0.640. The highest BCUT2D eigenvalue weighted by Crippen LogP contribution is 2.09. The number of halogens is 1. The summed E-state index contributed by atoms with van der Waals surface area (Å²) in [6.07, 6.45) is 2.10. The van der Waals surface area contributed by atoms with E-state index in [0.29, 0.717) is 18.5 Å². The van der Waals surface area contributed by atoms with Crippen LogP contribution >= 0.6 is 15.9 Å². The first-order chi connectivity index (χ1) is 8.61. The Morgan fingerprint density at radius 2 is 1.89 bits per heavy atom. The Morgan fingerprint density at radius 1 is 1.22 bits per heavy atom. The lowest BCUT2D eigenvalue weighted by Crippen LogP contribution is -2.24. The third-order valence-electron chi connectivity index (χ3n) is 2.47. The third-order valence-corrected chi connectivity index (χ3v) is 3.32. The van der Waals surface area contributed by atoms with Gasteiger partial charge >= 0.3 is 5.97 Å². The van der Waals surface area contributed by atoms with Crippen molar-refractivity contribution >= 4 is 27.8 Å². The summed E-state index contributed by atoms with van der Waals surface area (Å²) in [6, 6.07) is 9.01. The van der Waals surface area contributed by atoms with Gasteiger partial charge in [-0.25, -0.2) is 0 Å². The SMILES string of the molecule is O=C(NCCCC[C@@H](Br)C(=O)O)c1ccccc1. The lowest BCUT2D eigenvalue weighted by molar-refractivity contribution is -0.136. The largest absolute Gasteiger partial charge is 0.480 e. The van der Waals surface area contributed by atoms with Gasteiger partial charge in [-0.05, 0) is 31.4 Å². The number of unbranched alkanes of at least 4 members (excludes halogenated alkanes) is 1. The average Bonchev–Trinajstić information content (AvgIpc) is 2.38. The Kier molecular flexibility index (Phi) is 6.43. The van der Waals surface area contributed by atoms with Crippen molar-refractivity contribution in [2.45, 2.75) is 24.1 Å². The van der Waals surface area contributed by atoms with Crippen molar-refractivity contribution < 1.29 is 14.7 Å². The van der Waals surface area contributed by atoms with E-state index < -0.39 is 10.8 Å². The van der Waals surface area contributed by atoms with Crippen LogP contribution < -0.4 is 5.32 Å². The molecule has 98 valence electrons. The van der Waals surface area contributed by atoms with Crippen molar-refractivity contribution in [3.8, 4) is 0 Å². The second kappa shape index (κ2) is 7.87. The van der Waals surface area contributed by atoms with Crippen LogP contribution in [0.15, 0.2) is 30.3 Å². The standard InChI is InChI=1S/C13H16BrNO3/c14-11(13(17)18)8-4-5-9-15-12(16)10-6-2-1-3-7-10/h1-3,6-7,11H,4-5,8-9H2,(H,15,16)(H,17,18)/t11-/m1/s1. The molecule has 0 unspecified atom stereocenters. The molecule has 0 bridgehead atoms. The summed E-state index contributed by atoms with van der Waals surface area (Å²) in [7, 11) is 0. The third kappa shape index (κ3) is 5.31. The molecule has 0 aromatic heterocycles. The highest BCUT2D eigenvalue weighted by Gasteiger charge is 2.11. The highest BCUT2D eigenvalue weighted by molar-refractivity contribution is 9.10. The highest BCUT2D eigenvalue weighted by atomic mass is 79.9. The molecule has 0 radical (unpaired) electrons. The molecule has 5 heteroatoms. The lowest BCUT2D eigenvalue weighted by Gasteiger charge is -2.06. The van der Waals surface area contributed by atoms with Gasteiger partial charge in [-0.2, -0.15) is 0 Å². The topological polar surface area (TPSA) is 66.4 Å². The van der Waals surface area contributed by atoms with Crippen molar-refractivity contribution in [2.75, 3.05) is 6.54 Å². The Labute approximate surface area is 115 Å². The zero-order valence-electron chi connectivity index (χ0n) is 9.93. The Hall–Kier alpha value is -1.36. The van der Waals surface area contributed by atoms with Crippen LogP contribution in [-0.2, 0) is 4.79 Å². The van der Waals surface area contributed by atoms with Gasteiger partial charge in [0.15, 0.2) is 0 Å². The van der Waals surface area contributed by atoms with Crippen LogP contribution in [0.5, 0.6) is 0 Å². The van der Waals surface area contributed by atoms with E-state index in [-0.39, 0.29) is 5.91 Å². The number of carbonyl (C=O) groups is 2. The molecule has 0 spiro atoms. The molecular weight excluding hydrogens is 298 g/mol. The van der Waals surface area contributed by atoms with Gasteiger partial charge in [0.25, 0.3) is 5.91 Å². The molecule has 4 nitrogen and oxygen atoms in total. The van der Waals surface area contributed by atoms with E-state index in [2.05, 4.69) is 21.2 Å². The van der Waals surface area contributed by atoms with Gasteiger partial charge in [0.1, 0.15) is 4.83 Å². The zero-order chi connectivity index (χ0) is 13.4. The molecule has 0 aliphatic carbocycles. The average molecular weight is 314 g/mol. The summed E-state index contributed by atoms with van der Waals surface area (Å²) in [4.78, 5) is 21.7. The number of carbonyl (C=O) groups excluding carboxylic acids is 1. The Balaban J connectivity index is 2.15. The number of nitrogens with one attached hydrogen (secondary N) is 1. The number of carboxylic acid groups (broad SMARTS) is 1. The number of aliphatic carboxylic acids is 1. The molecule has 0 saturated heterocycles. The van der Waals surface area contributed by atoms with Crippen LogP contribution in [0.4, 0.5) is 0 Å². The minimum absolute atomic E-state index is 0.0933. The van der Waals surface area contributed by atoms with E-state index in [4.69, 9.17) is 5.11 Å². The fourth-order valence-corrected chi connectivity index (χ4v) is 1.79. The number of hydrogen-bond donors (Lipinski definition) is 2. The minimum Gasteiger partial charge on any atom is -0.480 e. The molecule has 1 rings (SSSR count). The zero-order valence-corrected chi connectivity index (χ0v) is 11.5. The summed E-state index contributed by atoms with van der Waals surface area (Å²) in [6.45, 7) is 0.563. The number of hydrogen-bond acceptors (Lipinski definition) is 2. The van der Waals surface area contributed by atoms with Gasteiger partial charge in [-0.3, -0.25) is 9.59 Å². The van der Waals surface area contributed by atoms with E-state index in [1.54, 1.807) is 12.1 Å². The monoisotopic (exact) mass is 313 g/mol. The van der Waals surface area contributed by atoms with Crippen LogP contribution in [0.3, 0.4) is 0 Å². The van der Waals surface area contributed by atoms with Crippen LogP contribution in [-0.4, -0.2) is 28.4 Å². The minimum atomic E-state index is -0.844. The molecule has 0 aliphatic heterocycles. The van der Waals surface area contributed by atoms with Gasteiger partial charge < -0.3 is 10.4 Å². The van der Waals surface area contributed by atoms with Gasteiger partial charge in [0.2, 0.25) is 0 Å². The van der Waals surface area contributed by atoms with E-state index in [1.165, 1.54) is 0 Å². The molecule has 1 atom stereocenters. The van der Waals surface area contributed by atoms with Crippen molar-refractivity contribution in [3.63, 3.8) is 0 Å². The fraction of sp³-hybridized carbons (Fsp3) is 0.385. The van der Waals surface area contributed by atoms with Gasteiger partial charge in [0.05, 0.1) is 0 Å². The Morgan fingerprint density at radius 3 is 2.50 bits per heavy atom. The predicted octanol–water partition coefficient (Wildman–Crippen LogP) is 2.43. The van der Waals surface area contributed by atoms with Crippen LogP contribution in [0.2, 0.25) is 0 Å². The summed E-state index contributed by atoms with van der Waals surface area (Å²) < 4.78 is 0. The maximum Gasteiger partial charge on any atom is 0.317 e. The summed E-state index contributed by atoms with van der Waals surface area (Å²) >= 11 is 3.07. The van der Waals surface area contributed by atoms with Gasteiger partial charge in [-0.1, -0.05) is 34.1 Å². The number of rotatable bonds is 7. The van der Waals surface area contributed by atoms with Crippen molar-refractivity contribution in [1.29, 1.82) is 0 Å². The molecule has 0 fully saturated rings. The molecule has 1 aromatic rings. The number of alkyl halides is 1.